The van der Waals surface area contributed by atoms with Gasteiger partial charge < -0.3 is 14.5 Å². The van der Waals surface area contributed by atoms with Crippen molar-refractivity contribution in [3.63, 3.8) is 0 Å². The van der Waals surface area contributed by atoms with Gasteiger partial charge in [-0.3, -0.25) is 5.01 Å². The Hall–Kier alpha value is -3.51. The fraction of sp³-hybridized carbons (Fsp3) is 0.462. The van der Waals surface area contributed by atoms with Crippen molar-refractivity contribution in [1.82, 2.24) is 4.90 Å². The molecule has 2 aliphatic rings. The molecule has 1 saturated heterocycles. The largest absolute Gasteiger partial charge is 0.459 e. The third kappa shape index (κ3) is 6.06. The predicted molar refractivity (Wildman–Crippen MR) is 131 cm³/mol. The Morgan fingerprint density at radius 2 is 1.56 bits per heavy atom. The van der Waals surface area contributed by atoms with Crippen LogP contribution in [0.2, 0.25) is 0 Å². The van der Waals surface area contributed by atoms with Gasteiger partial charge in [0.1, 0.15) is 22.9 Å². The van der Waals surface area contributed by atoms with Crippen molar-refractivity contribution in [2.24, 2.45) is 5.10 Å². The first-order valence-corrected chi connectivity index (χ1v) is 12.2. The number of hydrogen-bond donors (Lipinski definition) is 0. The van der Waals surface area contributed by atoms with Crippen molar-refractivity contribution in [3.8, 4) is 0 Å². The lowest BCUT2D eigenvalue weighted by molar-refractivity contribution is -0.249. The quantitative estimate of drug-likeness (QED) is 0.400. The summed E-state index contributed by atoms with van der Waals surface area (Å²) in [5.41, 5.74) is -1.66. The van der Waals surface area contributed by atoms with Gasteiger partial charge in [0.05, 0.1) is 11.7 Å². The molecular weight excluding hydrogens is 533 g/mol. The maximum absolute atomic E-state index is 14.6. The molecule has 1 fully saturated rings. The number of carbonyl (C=O) groups excluding carboxylic acids is 1. The third-order valence-electron chi connectivity index (χ3n) is 6.34. The molecule has 2 aliphatic heterocycles. The average molecular weight is 561 g/mol. The zero-order valence-electron chi connectivity index (χ0n) is 21.4. The third-order valence-corrected chi connectivity index (χ3v) is 6.34. The number of benzene rings is 2. The molecule has 0 saturated carbocycles. The normalized spacial score (nSPS) is 18.9. The molecule has 2 aromatic rings. The van der Waals surface area contributed by atoms with Crippen LogP contribution in [0.15, 0.2) is 47.6 Å². The topological polar surface area (TPSA) is 48.4 Å². The second-order valence-corrected chi connectivity index (χ2v) is 10.3. The Balaban J connectivity index is 1.61. The van der Waals surface area contributed by atoms with Crippen LogP contribution in [-0.4, -0.2) is 60.6 Å². The van der Waals surface area contributed by atoms with Crippen LogP contribution in [0.5, 0.6) is 0 Å². The number of piperazine rings is 1. The number of carbonyl (C=O) groups is 1. The minimum Gasteiger partial charge on any atom is -0.444 e. The van der Waals surface area contributed by atoms with Gasteiger partial charge in [-0.1, -0.05) is 12.1 Å². The zero-order valence-corrected chi connectivity index (χ0v) is 21.4. The number of nitrogens with zero attached hydrogens (tertiary/aromatic N) is 4. The maximum Gasteiger partial charge on any atom is 0.459 e. The minimum absolute atomic E-state index is 0.142. The molecule has 0 N–H and O–H groups in total. The number of anilines is 2. The summed E-state index contributed by atoms with van der Waals surface area (Å²) in [6, 6.07) is 7.34. The Kier molecular flexibility index (Phi) is 7.48. The molecule has 39 heavy (non-hydrogen) atoms. The number of halogens is 7. The molecule has 0 spiro atoms. The molecule has 0 aliphatic carbocycles. The van der Waals surface area contributed by atoms with Crippen LogP contribution >= 0.6 is 0 Å². The van der Waals surface area contributed by atoms with Crippen molar-refractivity contribution in [2.45, 2.75) is 50.9 Å². The Bertz CT molecular complexity index is 1250. The van der Waals surface area contributed by atoms with E-state index in [9.17, 15) is 35.5 Å². The second kappa shape index (κ2) is 10.2. The molecule has 0 radical (unpaired) electrons. The fourth-order valence-electron chi connectivity index (χ4n) is 4.42. The van der Waals surface area contributed by atoms with Crippen molar-refractivity contribution >= 4 is 23.2 Å². The van der Waals surface area contributed by atoms with Gasteiger partial charge in [0.2, 0.25) is 0 Å². The number of ether oxygens (including phenoxy) is 1. The average Bonchev–Trinajstić information content (AvgIpc) is 3.28. The molecule has 1 amide bonds. The van der Waals surface area contributed by atoms with Crippen molar-refractivity contribution in [1.29, 1.82) is 0 Å². The molecule has 4 rings (SSSR count). The molecule has 2 aromatic carbocycles. The molecule has 13 heteroatoms. The van der Waals surface area contributed by atoms with Gasteiger partial charge in [-0.25, -0.2) is 13.6 Å². The first-order chi connectivity index (χ1) is 18.1. The molecule has 0 bridgehead atoms. The van der Waals surface area contributed by atoms with Crippen LogP contribution in [0.4, 0.5) is 46.9 Å². The summed E-state index contributed by atoms with van der Waals surface area (Å²) in [6.45, 7) is 6.76. The van der Waals surface area contributed by atoms with Gasteiger partial charge in [-0.05, 0) is 45.0 Å². The summed E-state index contributed by atoms with van der Waals surface area (Å²) >= 11 is 0. The van der Waals surface area contributed by atoms with E-state index in [1.54, 1.807) is 37.8 Å². The van der Waals surface area contributed by atoms with E-state index >= 15 is 0 Å². The fourth-order valence-corrected chi connectivity index (χ4v) is 4.42. The van der Waals surface area contributed by atoms with Crippen LogP contribution in [-0.2, 0) is 4.74 Å². The Labute approximate surface area is 220 Å². The lowest BCUT2D eigenvalue weighted by atomic mass is 9.98. The molecule has 1 atom stereocenters. The summed E-state index contributed by atoms with van der Waals surface area (Å²) in [6.07, 6.45) is -7.28. The van der Waals surface area contributed by atoms with Gasteiger partial charge in [-0.2, -0.15) is 27.1 Å². The second-order valence-electron chi connectivity index (χ2n) is 10.3. The highest BCUT2D eigenvalue weighted by Gasteiger charge is 2.63. The van der Waals surface area contributed by atoms with E-state index in [4.69, 9.17) is 4.74 Å². The standard InChI is InChI=1S/C26H27F7N4O2/c1-24(2,3)39-23(38)36-11-9-35(10-12-36)17-5-4-6-18(14-17)37-21(19-8-7-16(27)13-20(19)28)15-22(34-37)25(29,30)26(31,32)33/h4-8,13-14,21H,9-12,15H2,1-3H3. The highest BCUT2D eigenvalue weighted by atomic mass is 19.4. The van der Waals surface area contributed by atoms with Crippen LogP contribution in [0.25, 0.3) is 0 Å². The Morgan fingerprint density at radius 1 is 0.923 bits per heavy atom. The molecular formula is C26H27F7N4O2. The van der Waals surface area contributed by atoms with E-state index in [-0.39, 0.29) is 11.3 Å². The van der Waals surface area contributed by atoms with Crippen molar-refractivity contribution in [3.05, 3.63) is 59.7 Å². The van der Waals surface area contributed by atoms with Crippen LogP contribution in [0.3, 0.4) is 0 Å². The van der Waals surface area contributed by atoms with Gasteiger partial charge >= 0.3 is 18.2 Å². The molecule has 212 valence electrons. The van der Waals surface area contributed by atoms with E-state index < -0.39 is 53.6 Å². The van der Waals surface area contributed by atoms with Crippen molar-refractivity contribution < 1.29 is 40.3 Å². The van der Waals surface area contributed by atoms with E-state index in [0.29, 0.717) is 37.9 Å². The monoisotopic (exact) mass is 560 g/mol. The number of hydrogen-bond acceptors (Lipinski definition) is 5. The summed E-state index contributed by atoms with van der Waals surface area (Å²) in [5, 5.41) is 4.51. The number of rotatable bonds is 4. The maximum atomic E-state index is 14.6. The molecule has 2 heterocycles. The first-order valence-electron chi connectivity index (χ1n) is 12.2. The summed E-state index contributed by atoms with van der Waals surface area (Å²) in [7, 11) is 0. The molecule has 1 unspecified atom stereocenters. The lowest BCUT2D eigenvalue weighted by Gasteiger charge is -2.37. The van der Waals surface area contributed by atoms with Gasteiger partial charge in [0.15, 0.2) is 0 Å². The highest BCUT2D eigenvalue weighted by molar-refractivity contribution is 5.95. The van der Waals surface area contributed by atoms with E-state index in [1.165, 1.54) is 12.1 Å². The summed E-state index contributed by atoms with van der Waals surface area (Å²) in [5.74, 6) is -7.26. The highest BCUT2D eigenvalue weighted by Crippen LogP contribution is 2.45. The Morgan fingerprint density at radius 3 is 2.15 bits per heavy atom. The number of amides is 1. The summed E-state index contributed by atoms with van der Waals surface area (Å²) in [4.78, 5) is 15.8. The van der Waals surface area contributed by atoms with Gasteiger partial charge in [-0.15, -0.1) is 0 Å². The van der Waals surface area contributed by atoms with Crippen molar-refractivity contribution in [2.75, 3.05) is 36.1 Å². The van der Waals surface area contributed by atoms with E-state index in [2.05, 4.69) is 5.10 Å². The smallest absolute Gasteiger partial charge is 0.444 e. The summed E-state index contributed by atoms with van der Waals surface area (Å²) < 4.78 is 102. The number of alkyl halides is 5. The van der Waals surface area contributed by atoms with Crippen LogP contribution in [0, 0.1) is 11.6 Å². The van der Waals surface area contributed by atoms with Crippen LogP contribution in [0.1, 0.15) is 38.8 Å². The predicted octanol–water partition coefficient (Wildman–Crippen LogP) is 6.53. The number of hydrazone groups is 1. The minimum atomic E-state index is -5.90. The van der Waals surface area contributed by atoms with E-state index in [1.807, 2.05) is 4.90 Å². The molecule has 0 aromatic heterocycles. The first kappa shape index (κ1) is 28.5. The lowest BCUT2D eigenvalue weighted by Crippen LogP contribution is -2.50. The van der Waals surface area contributed by atoms with Gasteiger partial charge in [0, 0.05) is 49.9 Å². The van der Waals surface area contributed by atoms with E-state index in [0.717, 1.165) is 17.1 Å². The zero-order chi connectivity index (χ0) is 28.8. The van der Waals surface area contributed by atoms with Gasteiger partial charge in [0.25, 0.3) is 0 Å². The molecule has 6 nitrogen and oxygen atoms in total. The van der Waals surface area contributed by atoms with Crippen LogP contribution < -0.4 is 9.91 Å². The SMILES string of the molecule is CC(C)(C)OC(=O)N1CCN(c2cccc(N3N=C(C(F)(F)C(F)(F)F)CC3c3ccc(F)cc3F)c2)CC1.